The Kier molecular flexibility index (Phi) is 5.02. The van der Waals surface area contributed by atoms with Gasteiger partial charge in [-0.3, -0.25) is 4.79 Å². The summed E-state index contributed by atoms with van der Waals surface area (Å²) in [5.74, 6) is 1.07. The van der Waals surface area contributed by atoms with Gasteiger partial charge >= 0.3 is 0 Å². The van der Waals surface area contributed by atoms with Crippen molar-refractivity contribution in [3.63, 3.8) is 0 Å². The van der Waals surface area contributed by atoms with Crippen LogP contribution >= 0.6 is 11.5 Å². The van der Waals surface area contributed by atoms with Gasteiger partial charge in [-0.25, -0.2) is 0 Å². The molecule has 4 aromatic rings. The van der Waals surface area contributed by atoms with Crippen molar-refractivity contribution in [3.8, 4) is 22.6 Å². The zero-order valence-electron chi connectivity index (χ0n) is 16.5. The summed E-state index contributed by atoms with van der Waals surface area (Å²) in [5, 5.41) is 13.0. The van der Waals surface area contributed by atoms with Gasteiger partial charge in [0.05, 0.1) is 30.6 Å². The summed E-state index contributed by atoms with van der Waals surface area (Å²) < 4.78 is 16.1. The molecule has 148 valence electrons. The van der Waals surface area contributed by atoms with E-state index in [1.807, 2.05) is 44.2 Å². The minimum absolute atomic E-state index is 0.0553. The lowest BCUT2D eigenvalue weighted by atomic mass is 10.0. The lowest BCUT2D eigenvalue weighted by Crippen LogP contribution is -2.30. The molecule has 0 spiro atoms. The number of carbonyl (C=O) groups is 1. The second-order valence-electron chi connectivity index (χ2n) is 6.85. The predicted molar refractivity (Wildman–Crippen MR) is 114 cm³/mol. The molecule has 29 heavy (non-hydrogen) atoms. The number of ether oxygens (including phenoxy) is 2. The Hall–Kier alpha value is -3.26. The standard InChI is InChI=1S/C21H20N4O3S/c1-11(2)23-21(26)20-13-6-5-12(7-19(13)29-25-20)15-10-22-24-16-9-18(28-4)17(27-3)8-14(15)16/h5-11H,1-4H3,(H,23,26). The largest absolute Gasteiger partial charge is 0.493 e. The van der Waals surface area contributed by atoms with Gasteiger partial charge in [0, 0.05) is 28.4 Å². The third-order valence-electron chi connectivity index (χ3n) is 4.56. The molecule has 0 fully saturated rings. The number of fused-ring (bicyclic) bond motifs is 2. The van der Waals surface area contributed by atoms with E-state index in [1.54, 1.807) is 20.4 Å². The molecular formula is C21H20N4O3S. The molecule has 1 amide bonds. The zero-order valence-corrected chi connectivity index (χ0v) is 17.3. The minimum Gasteiger partial charge on any atom is -0.493 e. The SMILES string of the molecule is COc1cc2nncc(-c3ccc4c(C(=O)NC(C)C)nsc4c3)c2cc1OC. The molecule has 0 radical (unpaired) electrons. The molecule has 0 atom stereocenters. The van der Waals surface area contributed by atoms with Crippen molar-refractivity contribution < 1.29 is 14.3 Å². The average Bonchev–Trinajstić information content (AvgIpc) is 3.15. The summed E-state index contributed by atoms with van der Waals surface area (Å²) in [4.78, 5) is 12.4. The van der Waals surface area contributed by atoms with Crippen LogP contribution in [0.25, 0.3) is 32.1 Å². The third-order valence-corrected chi connectivity index (χ3v) is 5.37. The smallest absolute Gasteiger partial charge is 0.271 e. The summed E-state index contributed by atoms with van der Waals surface area (Å²) >= 11 is 1.31. The van der Waals surface area contributed by atoms with Gasteiger partial charge in [0.25, 0.3) is 5.91 Å². The Balaban J connectivity index is 1.83. The molecule has 0 saturated carbocycles. The van der Waals surface area contributed by atoms with Crippen molar-refractivity contribution in [2.24, 2.45) is 0 Å². The minimum atomic E-state index is -0.160. The van der Waals surface area contributed by atoms with Gasteiger partial charge in [-0.2, -0.15) is 14.6 Å². The first-order valence-corrected chi connectivity index (χ1v) is 9.87. The molecule has 0 saturated heterocycles. The van der Waals surface area contributed by atoms with E-state index in [-0.39, 0.29) is 11.9 Å². The molecule has 7 nitrogen and oxygen atoms in total. The van der Waals surface area contributed by atoms with Gasteiger partial charge < -0.3 is 14.8 Å². The van der Waals surface area contributed by atoms with Crippen molar-refractivity contribution in [1.82, 2.24) is 19.9 Å². The topological polar surface area (TPSA) is 86.2 Å². The van der Waals surface area contributed by atoms with E-state index >= 15 is 0 Å². The highest BCUT2D eigenvalue weighted by Gasteiger charge is 2.17. The van der Waals surface area contributed by atoms with Gasteiger partial charge in [0.2, 0.25) is 0 Å². The molecule has 4 rings (SSSR count). The third kappa shape index (κ3) is 3.47. The van der Waals surface area contributed by atoms with Crippen molar-refractivity contribution in [1.29, 1.82) is 0 Å². The number of benzene rings is 2. The van der Waals surface area contributed by atoms with E-state index < -0.39 is 0 Å². The van der Waals surface area contributed by atoms with Crippen molar-refractivity contribution in [2.45, 2.75) is 19.9 Å². The van der Waals surface area contributed by atoms with Gasteiger partial charge in [-0.05, 0) is 43.1 Å². The van der Waals surface area contributed by atoms with E-state index in [0.29, 0.717) is 22.7 Å². The van der Waals surface area contributed by atoms with Gasteiger partial charge in [-0.1, -0.05) is 12.1 Å². The first-order chi connectivity index (χ1) is 14.0. The highest BCUT2D eigenvalue weighted by molar-refractivity contribution is 7.13. The van der Waals surface area contributed by atoms with Crippen LogP contribution in [0.5, 0.6) is 11.5 Å². The summed E-state index contributed by atoms with van der Waals surface area (Å²) in [5.41, 5.74) is 3.04. The molecule has 2 aromatic carbocycles. The van der Waals surface area contributed by atoms with E-state index in [0.717, 1.165) is 26.6 Å². The lowest BCUT2D eigenvalue weighted by Gasteiger charge is -2.11. The van der Waals surface area contributed by atoms with Crippen LogP contribution in [0.3, 0.4) is 0 Å². The Morgan fingerprint density at radius 1 is 1.07 bits per heavy atom. The number of carbonyl (C=O) groups excluding carboxylic acids is 1. The molecule has 0 aliphatic heterocycles. The number of methoxy groups -OCH3 is 2. The van der Waals surface area contributed by atoms with Gasteiger partial charge in [0.15, 0.2) is 11.5 Å². The molecule has 0 aliphatic rings. The van der Waals surface area contributed by atoms with Gasteiger partial charge in [-0.15, -0.1) is 0 Å². The fourth-order valence-electron chi connectivity index (χ4n) is 3.21. The maximum Gasteiger partial charge on any atom is 0.271 e. The van der Waals surface area contributed by atoms with Crippen LogP contribution in [0.1, 0.15) is 24.3 Å². The van der Waals surface area contributed by atoms with Crippen LogP contribution in [0.15, 0.2) is 36.5 Å². The highest BCUT2D eigenvalue weighted by atomic mass is 32.1. The molecule has 0 aliphatic carbocycles. The fraction of sp³-hybridized carbons (Fsp3) is 0.238. The highest BCUT2D eigenvalue weighted by Crippen LogP contribution is 2.37. The summed E-state index contributed by atoms with van der Waals surface area (Å²) in [7, 11) is 3.19. The molecule has 0 unspecified atom stereocenters. The lowest BCUT2D eigenvalue weighted by molar-refractivity contribution is 0.0941. The van der Waals surface area contributed by atoms with Crippen molar-refractivity contribution in [2.75, 3.05) is 14.2 Å². The number of hydrogen-bond donors (Lipinski definition) is 1. The second-order valence-corrected chi connectivity index (χ2v) is 7.66. The Bertz CT molecular complexity index is 1220. The van der Waals surface area contributed by atoms with Crippen LogP contribution < -0.4 is 14.8 Å². The molecule has 0 bridgehead atoms. The average molecular weight is 408 g/mol. The van der Waals surface area contributed by atoms with E-state index in [9.17, 15) is 4.79 Å². The number of amides is 1. The quantitative estimate of drug-likeness (QED) is 0.536. The Morgan fingerprint density at radius 3 is 2.55 bits per heavy atom. The van der Waals surface area contributed by atoms with Crippen LogP contribution in [0, 0.1) is 0 Å². The molecule has 8 heteroatoms. The van der Waals surface area contributed by atoms with Crippen LogP contribution in [0.2, 0.25) is 0 Å². The number of aromatic nitrogens is 3. The van der Waals surface area contributed by atoms with Crippen LogP contribution in [-0.4, -0.2) is 40.7 Å². The molecule has 2 aromatic heterocycles. The molecule has 1 N–H and O–H groups in total. The number of nitrogens with zero attached hydrogens (tertiary/aromatic N) is 3. The summed E-state index contributed by atoms with van der Waals surface area (Å²) in [6, 6.07) is 9.68. The summed E-state index contributed by atoms with van der Waals surface area (Å²) in [6.07, 6.45) is 1.73. The van der Waals surface area contributed by atoms with Crippen molar-refractivity contribution in [3.05, 3.63) is 42.2 Å². The van der Waals surface area contributed by atoms with E-state index in [4.69, 9.17) is 9.47 Å². The summed E-state index contributed by atoms with van der Waals surface area (Å²) in [6.45, 7) is 3.85. The van der Waals surface area contributed by atoms with Crippen LogP contribution in [0.4, 0.5) is 0 Å². The van der Waals surface area contributed by atoms with E-state index in [2.05, 4.69) is 19.9 Å². The Morgan fingerprint density at radius 2 is 1.83 bits per heavy atom. The predicted octanol–water partition coefficient (Wildman–Crippen LogP) is 4.06. The van der Waals surface area contributed by atoms with Gasteiger partial charge in [0.1, 0.15) is 5.69 Å². The maximum atomic E-state index is 12.4. The normalized spacial score (nSPS) is 11.2. The van der Waals surface area contributed by atoms with Crippen molar-refractivity contribution >= 4 is 38.4 Å². The van der Waals surface area contributed by atoms with E-state index in [1.165, 1.54) is 11.5 Å². The fourth-order valence-corrected chi connectivity index (χ4v) is 4.03. The zero-order chi connectivity index (χ0) is 20.5. The molecule has 2 heterocycles. The maximum absolute atomic E-state index is 12.4. The number of hydrogen-bond acceptors (Lipinski definition) is 7. The van der Waals surface area contributed by atoms with Crippen LogP contribution in [-0.2, 0) is 0 Å². The number of nitrogens with one attached hydrogen (secondary N) is 1. The second kappa shape index (κ2) is 7.63. The number of rotatable bonds is 5. The molecular weight excluding hydrogens is 388 g/mol. The monoisotopic (exact) mass is 408 g/mol. The Labute approximate surface area is 171 Å². The first kappa shape index (κ1) is 19.1. The first-order valence-electron chi connectivity index (χ1n) is 9.10.